The Hall–Kier alpha value is -2.97. The molecule has 2 aromatic carbocycles. The van der Waals surface area contributed by atoms with Gasteiger partial charge in [-0.2, -0.15) is 0 Å². The van der Waals surface area contributed by atoms with E-state index in [9.17, 15) is 9.59 Å². The third-order valence-corrected chi connectivity index (χ3v) is 4.80. The van der Waals surface area contributed by atoms with Gasteiger partial charge < -0.3 is 10.1 Å². The van der Waals surface area contributed by atoms with Crippen LogP contribution in [0.2, 0.25) is 5.02 Å². The lowest BCUT2D eigenvalue weighted by Gasteiger charge is -2.05. The zero-order valence-electron chi connectivity index (χ0n) is 14.7. The normalized spacial score (nSPS) is 10.3. The molecule has 0 bridgehead atoms. The predicted molar refractivity (Wildman–Crippen MR) is 108 cm³/mol. The maximum absolute atomic E-state index is 12.1. The van der Waals surface area contributed by atoms with E-state index >= 15 is 0 Å². The van der Waals surface area contributed by atoms with E-state index in [0.29, 0.717) is 39.4 Å². The van der Waals surface area contributed by atoms with Crippen LogP contribution in [0.25, 0.3) is 0 Å². The number of para-hydroxylation sites is 1. The van der Waals surface area contributed by atoms with E-state index in [0.717, 1.165) is 0 Å². The second-order valence-electron chi connectivity index (χ2n) is 5.64. The predicted octanol–water partition coefficient (Wildman–Crippen LogP) is 3.18. The molecule has 0 atom stereocenters. The smallest absolute Gasteiger partial charge is 0.264 e. The zero-order chi connectivity index (χ0) is 19.8. The first-order valence-electron chi connectivity index (χ1n) is 8.44. The van der Waals surface area contributed by atoms with Gasteiger partial charge in [0.25, 0.3) is 11.8 Å². The number of nitrogens with zero attached hydrogens (tertiary/aromatic N) is 2. The highest BCUT2D eigenvalue weighted by atomic mass is 35.5. The van der Waals surface area contributed by atoms with Gasteiger partial charge >= 0.3 is 0 Å². The maximum atomic E-state index is 12.1. The maximum Gasteiger partial charge on any atom is 0.264 e. The molecule has 0 saturated carbocycles. The molecule has 0 unspecified atom stereocenters. The Morgan fingerprint density at radius 1 is 1.04 bits per heavy atom. The number of benzene rings is 2. The molecule has 3 rings (SSSR count). The topological polar surface area (TPSA) is 93.2 Å². The monoisotopic (exact) mass is 416 g/mol. The number of hydrogen-bond acceptors (Lipinski definition) is 6. The summed E-state index contributed by atoms with van der Waals surface area (Å²) < 4.78 is 5.38. The van der Waals surface area contributed by atoms with E-state index in [1.807, 2.05) is 18.2 Å². The lowest BCUT2D eigenvalue weighted by atomic mass is 10.2. The van der Waals surface area contributed by atoms with Crippen molar-refractivity contribution < 1.29 is 14.3 Å². The molecule has 0 spiro atoms. The van der Waals surface area contributed by atoms with E-state index in [1.54, 1.807) is 36.4 Å². The first-order valence-corrected chi connectivity index (χ1v) is 9.64. The van der Waals surface area contributed by atoms with Crippen molar-refractivity contribution in [3.8, 4) is 5.75 Å². The fourth-order valence-corrected chi connectivity index (χ4v) is 3.23. The van der Waals surface area contributed by atoms with Crippen molar-refractivity contribution in [2.24, 2.45) is 0 Å². The summed E-state index contributed by atoms with van der Waals surface area (Å²) in [5.41, 5.74) is 0.424. The van der Waals surface area contributed by atoms with Gasteiger partial charge in [0.15, 0.2) is 6.61 Å². The zero-order valence-corrected chi connectivity index (χ0v) is 16.3. The van der Waals surface area contributed by atoms with Gasteiger partial charge in [0, 0.05) is 13.0 Å². The summed E-state index contributed by atoms with van der Waals surface area (Å²) in [6.45, 7) is 0.260. The minimum Gasteiger partial charge on any atom is -0.484 e. The quantitative estimate of drug-likeness (QED) is 0.588. The Kier molecular flexibility index (Phi) is 6.94. The number of ether oxygens (including phenoxy) is 1. The molecule has 1 aromatic heterocycles. The van der Waals surface area contributed by atoms with Crippen LogP contribution in [-0.2, 0) is 11.2 Å². The Balaban J connectivity index is 1.42. The summed E-state index contributed by atoms with van der Waals surface area (Å²) in [7, 11) is 0. The van der Waals surface area contributed by atoms with Crippen LogP contribution in [-0.4, -0.2) is 35.2 Å². The molecule has 0 radical (unpaired) electrons. The van der Waals surface area contributed by atoms with Crippen molar-refractivity contribution in [2.75, 3.05) is 18.5 Å². The van der Waals surface area contributed by atoms with Crippen molar-refractivity contribution in [2.45, 2.75) is 6.42 Å². The van der Waals surface area contributed by atoms with Gasteiger partial charge in [-0.05, 0) is 24.3 Å². The molecule has 144 valence electrons. The Bertz CT molecular complexity index is 949. The minimum atomic E-state index is -0.321. The molecule has 2 N–H and O–H groups in total. The SMILES string of the molecule is O=C(COc1ccccc1)Nc1nnc(CCNC(=O)c2ccccc2Cl)s1. The molecule has 0 aliphatic carbocycles. The number of carbonyl (C=O) groups is 2. The van der Waals surface area contributed by atoms with Gasteiger partial charge in [0.1, 0.15) is 10.8 Å². The molecule has 0 aliphatic rings. The third kappa shape index (κ3) is 5.77. The number of carbonyl (C=O) groups excluding carboxylic acids is 2. The number of halogens is 1. The number of hydrogen-bond donors (Lipinski definition) is 2. The highest BCUT2D eigenvalue weighted by molar-refractivity contribution is 7.15. The van der Waals surface area contributed by atoms with Gasteiger partial charge in [-0.15, -0.1) is 10.2 Å². The minimum absolute atomic E-state index is 0.118. The van der Waals surface area contributed by atoms with Crippen LogP contribution in [0, 0.1) is 0 Å². The van der Waals surface area contributed by atoms with Gasteiger partial charge in [-0.1, -0.05) is 53.3 Å². The van der Waals surface area contributed by atoms with Gasteiger partial charge in [-0.25, -0.2) is 0 Å². The second-order valence-corrected chi connectivity index (χ2v) is 7.11. The van der Waals surface area contributed by atoms with Crippen molar-refractivity contribution in [1.82, 2.24) is 15.5 Å². The van der Waals surface area contributed by atoms with Gasteiger partial charge in [0.05, 0.1) is 10.6 Å². The van der Waals surface area contributed by atoms with Crippen LogP contribution in [0.15, 0.2) is 54.6 Å². The van der Waals surface area contributed by atoms with E-state index < -0.39 is 0 Å². The fraction of sp³-hybridized carbons (Fsp3) is 0.158. The van der Waals surface area contributed by atoms with Crippen LogP contribution >= 0.6 is 22.9 Å². The standard InChI is InChI=1S/C19H17ClN4O3S/c20-15-9-5-4-8-14(15)18(26)21-11-10-17-23-24-19(28-17)22-16(25)12-27-13-6-2-1-3-7-13/h1-9H,10-12H2,(H,21,26)(H,22,24,25). The Labute approximate surface area is 170 Å². The molecule has 2 amide bonds. The van der Waals surface area contributed by atoms with Crippen LogP contribution in [0.4, 0.5) is 5.13 Å². The van der Waals surface area contributed by atoms with Crippen LogP contribution < -0.4 is 15.4 Å². The molecule has 1 heterocycles. The first kappa shape index (κ1) is 19.8. The summed E-state index contributed by atoms with van der Waals surface area (Å²) in [6.07, 6.45) is 0.490. The second kappa shape index (κ2) is 9.82. The molecule has 0 saturated heterocycles. The third-order valence-electron chi connectivity index (χ3n) is 3.57. The summed E-state index contributed by atoms with van der Waals surface area (Å²) in [5, 5.41) is 14.8. The Morgan fingerprint density at radius 2 is 1.79 bits per heavy atom. The van der Waals surface area contributed by atoms with Crippen LogP contribution in [0.3, 0.4) is 0 Å². The lowest BCUT2D eigenvalue weighted by Crippen LogP contribution is -2.25. The molecular formula is C19H17ClN4O3S. The van der Waals surface area contributed by atoms with Gasteiger partial charge in [0.2, 0.25) is 5.13 Å². The lowest BCUT2D eigenvalue weighted by molar-refractivity contribution is -0.118. The molecule has 3 aromatic rings. The van der Waals surface area contributed by atoms with E-state index in [4.69, 9.17) is 16.3 Å². The highest BCUT2D eigenvalue weighted by Crippen LogP contribution is 2.17. The highest BCUT2D eigenvalue weighted by Gasteiger charge is 2.11. The molecule has 0 aliphatic heterocycles. The number of nitrogens with one attached hydrogen (secondary N) is 2. The van der Waals surface area contributed by atoms with Crippen LogP contribution in [0.5, 0.6) is 5.75 Å². The number of rotatable bonds is 8. The van der Waals surface area contributed by atoms with E-state index in [-0.39, 0.29) is 18.4 Å². The summed E-state index contributed by atoms with van der Waals surface area (Å²) in [6, 6.07) is 15.9. The number of aromatic nitrogens is 2. The molecule has 28 heavy (non-hydrogen) atoms. The molecule has 7 nitrogen and oxygen atoms in total. The van der Waals surface area contributed by atoms with Crippen LogP contribution in [0.1, 0.15) is 15.4 Å². The van der Waals surface area contributed by atoms with E-state index in [2.05, 4.69) is 20.8 Å². The summed E-state index contributed by atoms with van der Waals surface area (Å²) >= 11 is 7.25. The van der Waals surface area contributed by atoms with E-state index in [1.165, 1.54) is 11.3 Å². The molecule has 0 fully saturated rings. The average molecular weight is 417 g/mol. The van der Waals surface area contributed by atoms with Crippen molar-refractivity contribution in [3.63, 3.8) is 0 Å². The van der Waals surface area contributed by atoms with Gasteiger partial charge in [-0.3, -0.25) is 14.9 Å². The van der Waals surface area contributed by atoms with Crippen molar-refractivity contribution in [1.29, 1.82) is 0 Å². The van der Waals surface area contributed by atoms with Crippen molar-refractivity contribution in [3.05, 3.63) is 70.2 Å². The fourth-order valence-electron chi connectivity index (χ4n) is 2.25. The Morgan fingerprint density at radius 3 is 2.57 bits per heavy atom. The number of amides is 2. The largest absolute Gasteiger partial charge is 0.484 e. The average Bonchev–Trinajstić information content (AvgIpc) is 3.14. The number of anilines is 1. The molecular weight excluding hydrogens is 400 g/mol. The summed E-state index contributed by atoms with van der Waals surface area (Å²) in [4.78, 5) is 24.0. The molecule has 9 heteroatoms. The van der Waals surface area contributed by atoms with Crippen molar-refractivity contribution >= 4 is 39.9 Å². The first-order chi connectivity index (χ1) is 13.6. The summed E-state index contributed by atoms with van der Waals surface area (Å²) in [5.74, 6) is 0.0464.